The Balaban J connectivity index is 1.53. The first-order valence-electron chi connectivity index (χ1n) is 9.12. The number of anilines is 1. The molecule has 1 amide bonds. The number of carbonyl (C=O) groups excluding carboxylic acids is 1. The number of benzene rings is 2. The average Bonchev–Trinajstić information content (AvgIpc) is 3.35. The zero-order valence-corrected chi connectivity index (χ0v) is 16.8. The highest BCUT2D eigenvalue weighted by Gasteiger charge is 2.16. The summed E-state index contributed by atoms with van der Waals surface area (Å²) in [6.45, 7) is 4.08. The maximum atomic E-state index is 12.6. The van der Waals surface area contributed by atoms with Gasteiger partial charge in [0, 0.05) is 22.5 Å². The van der Waals surface area contributed by atoms with E-state index in [1.807, 2.05) is 62.5 Å². The molecule has 0 radical (unpaired) electrons. The second-order valence-electron chi connectivity index (χ2n) is 6.77. The van der Waals surface area contributed by atoms with Gasteiger partial charge in [-0.15, -0.1) is 0 Å². The minimum Gasteiger partial charge on any atom is -0.334 e. The van der Waals surface area contributed by atoms with Gasteiger partial charge in [-0.1, -0.05) is 35.0 Å². The van der Waals surface area contributed by atoms with E-state index in [9.17, 15) is 4.79 Å². The van der Waals surface area contributed by atoms with Gasteiger partial charge in [0.1, 0.15) is 12.2 Å². The summed E-state index contributed by atoms with van der Waals surface area (Å²) in [4.78, 5) is 17.1. The molecule has 0 saturated heterocycles. The lowest BCUT2D eigenvalue weighted by Crippen LogP contribution is -2.20. The van der Waals surface area contributed by atoms with E-state index in [1.54, 1.807) is 16.7 Å². The molecule has 6 nitrogen and oxygen atoms in total. The predicted octanol–water partition coefficient (Wildman–Crippen LogP) is 5.11. The number of rotatable bonds is 5. The van der Waals surface area contributed by atoms with Gasteiger partial charge in [-0.25, -0.2) is 0 Å². The van der Waals surface area contributed by atoms with Gasteiger partial charge in [0.2, 0.25) is 11.7 Å². The summed E-state index contributed by atoms with van der Waals surface area (Å²) < 4.78 is 7.21. The van der Waals surface area contributed by atoms with Gasteiger partial charge in [0.25, 0.3) is 5.89 Å². The van der Waals surface area contributed by atoms with Crippen molar-refractivity contribution in [2.45, 2.75) is 20.4 Å². The maximum absolute atomic E-state index is 12.6. The summed E-state index contributed by atoms with van der Waals surface area (Å²) in [7, 11) is 0. The van der Waals surface area contributed by atoms with Crippen molar-refractivity contribution in [1.82, 2.24) is 14.7 Å². The average molecular weight is 407 g/mol. The SMILES string of the molecule is Cc1cccc(C)c1NC(=O)Cn1cccc1-c1nc(-c2ccc(Cl)cc2)no1. The lowest BCUT2D eigenvalue weighted by Gasteiger charge is -2.12. The Morgan fingerprint density at radius 1 is 1.07 bits per heavy atom. The van der Waals surface area contributed by atoms with Crippen molar-refractivity contribution in [3.8, 4) is 23.0 Å². The Labute approximate surface area is 173 Å². The summed E-state index contributed by atoms with van der Waals surface area (Å²) >= 11 is 5.93. The third-order valence-corrected chi connectivity index (χ3v) is 4.89. The predicted molar refractivity (Wildman–Crippen MR) is 113 cm³/mol. The van der Waals surface area contributed by atoms with Crippen LogP contribution >= 0.6 is 11.6 Å². The molecule has 0 atom stereocenters. The summed E-state index contributed by atoms with van der Waals surface area (Å²) in [5, 5.41) is 7.67. The summed E-state index contributed by atoms with van der Waals surface area (Å²) in [6.07, 6.45) is 1.81. The Bertz CT molecular complexity index is 1140. The van der Waals surface area contributed by atoms with Gasteiger partial charge >= 0.3 is 0 Å². The van der Waals surface area contributed by atoms with Crippen LogP contribution < -0.4 is 5.32 Å². The van der Waals surface area contributed by atoms with E-state index in [0.717, 1.165) is 22.4 Å². The van der Waals surface area contributed by atoms with Gasteiger partial charge in [0.15, 0.2) is 0 Å². The normalized spacial score (nSPS) is 10.9. The molecule has 4 rings (SSSR count). The standard InChI is InChI=1S/C22H19ClN4O2/c1-14-5-3-6-15(2)20(14)24-19(28)13-27-12-4-7-18(27)22-25-21(26-29-22)16-8-10-17(23)11-9-16/h3-12H,13H2,1-2H3,(H,24,28). The van der Waals surface area contributed by atoms with Gasteiger partial charge in [0.05, 0.1) is 0 Å². The smallest absolute Gasteiger partial charge is 0.274 e. The number of aromatic nitrogens is 3. The second kappa shape index (κ2) is 7.93. The number of halogens is 1. The van der Waals surface area contributed by atoms with E-state index in [0.29, 0.717) is 22.4 Å². The third-order valence-electron chi connectivity index (χ3n) is 4.64. The molecule has 0 bridgehead atoms. The van der Waals surface area contributed by atoms with Crippen molar-refractivity contribution < 1.29 is 9.32 Å². The molecular formula is C22H19ClN4O2. The Kier molecular flexibility index (Phi) is 5.18. The number of nitrogens with zero attached hydrogens (tertiary/aromatic N) is 3. The second-order valence-corrected chi connectivity index (χ2v) is 7.20. The van der Waals surface area contributed by atoms with Crippen molar-refractivity contribution in [1.29, 1.82) is 0 Å². The van der Waals surface area contributed by atoms with Crippen molar-refractivity contribution in [2.24, 2.45) is 0 Å². The van der Waals surface area contributed by atoms with E-state index >= 15 is 0 Å². The number of amides is 1. The van der Waals surface area contributed by atoms with Crippen LogP contribution in [0.1, 0.15) is 11.1 Å². The molecule has 2 heterocycles. The van der Waals surface area contributed by atoms with E-state index in [2.05, 4.69) is 15.5 Å². The van der Waals surface area contributed by atoms with Crippen LogP contribution in [0, 0.1) is 13.8 Å². The molecule has 0 aliphatic carbocycles. The van der Waals surface area contributed by atoms with Crippen LogP contribution in [-0.2, 0) is 11.3 Å². The maximum Gasteiger partial charge on any atom is 0.274 e. The van der Waals surface area contributed by atoms with Crippen LogP contribution in [0.4, 0.5) is 5.69 Å². The molecule has 2 aromatic carbocycles. The van der Waals surface area contributed by atoms with Crippen molar-refractivity contribution in [2.75, 3.05) is 5.32 Å². The summed E-state index contributed by atoms with van der Waals surface area (Å²) in [6, 6.07) is 16.8. The number of para-hydroxylation sites is 1. The lowest BCUT2D eigenvalue weighted by molar-refractivity contribution is -0.116. The molecule has 2 aromatic heterocycles. The highest BCUT2D eigenvalue weighted by atomic mass is 35.5. The molecule has 0 aliphatic rings. The molecule has 4 aromatic rings. The van der Waals surface area contributed by atoms with E-state index in [-0.39, 0.29) is 12.5 Å². The minimum atomic E-state index is -0.128. The van der Waals surface area contributed by atoms with Gasteiger partial charge in [-0.05, 0) is 61.4 Å². The third kappa shape index (κ3) is 4.07. The molecule has 7 heteroatoms. The number of carbonyl (C=O) groups is 1. The Hall–Kier alpha value is -3.38. The number of hydrogen-bond donors (Lipinski definition) is 1. The minimum absolute atomic E-state index is 0.128. The van der Waals surface area contributed by atoms with Gasteiger partial charge in [-0.2, -0.15) is 4.98 Å². The number of hydrogen-bond acceptors (Lipinski definition) is 4. The number of nitrogens with one attached hydrogen (secondary N) is 1. The summed E-state index contributed by atoms with van der Waals surface area (Å²) in [5.41, 5.74) is 4.37. The molecule has 29 heavy (non-hydrogen) atoms. The summed E-state index contributed by atoms with van der Waals surface area (Å²) in [5.74, 6) is 0.682. The first-order chi connectivity index (χ1) is 14.0. The molecule has 146 valence electrons. The highest BCUT2D eigenvalue weighted by molar-refractivity contribution is 6.30. The monoisotopic (exact) mass is 406 g/mol. The van der Waals surface area contributed by atoms with Gasteiger partial charge in [-0.3, -0.25) is 4.79 Å². The van der Waals surface area contributed by atoms with Crippen LogP contribution in [0.3, 0.4) is 0 Å². The molecule has 0 aliphatic heterocycles. The molecule has 0 saturated carbocycles. The van der Waals surface area contributed by atoms with E-state index in [4.69, 9.17) is 16.1 Å². The zero-order valence-electron chi connectivity index (χ0n) is 16.0. The molecule has 0 unspecified atom stereocenters. The Morgan fingerprint density at radius 2 is 1.79 bits per heavy atom. The first-order valence-corrected chi connectivity index (χ1v) is 9.50. The largest absolute Gasteiger partial charge is 0.334 e. The van der Waals surface area contributed by atoms with E-state index in [1.165, 1.54) is 0 Å². The Morgan fingerprint density at radius 3 is 2.52 bits per heavy atom. The lowest BCUT2D eigenvalue weighted by atomic mass is 10.1. The van der Waals surface area contributed by atoms with Crippen LogP contribution in [0.25, 0.3) is 23.0 Å². The van der Waals surface area contributed by atoms with Gasteiger partial charge < -0.3 is 14.4 Å². The van der Waals surface area contributed by atoms with Crippen LogP contribution in [0.2, 0.25) is 5.02 Å². The fraction of sp³-hybridized carbons (Fsp3) is 0.136. The van der Waals surface area contributed by atoms with Crippen molar-refractivity contribution >= 4 is 23.2 Å². The topological polar surface area (TPSA) is 73.0 Å². The molecule has 0 spiro atoms. The van der Waals surface area contributed by atoms with Crippen LogP contribution in [-0.4, -0.2) is 20.6 Å². The number of aryl methyl sites for hydroxylation is 2. The first kappa shape index (κ1) is 19.0. The van der Waals surface area contributed by atoms with Crippen LogP contribution in [0.5, 0.6) is 0 Å². The quantitative estimate of drug-likeness (QED) is 0.499. The zero-order chi connectivity index (χ0) is 20.4. The van der Waals surface area contributed by atoms with Crippen molar-refractivity contribution in [3.63, 3.8) is 0 Å². The fourth-order valence-corrected chi connectivity index (χ4v) is 3.26. The molecule has 0 fully saturated rings. The van der Waals surface area contributed by atoms with E-state index < -0.39 is 0 Å². The molecular weight excluding hydrogens is 388 g/mol. The fourth-order valence-electron chi connectivity index (χ4n) is 3.14. The molecule has 1 N–H and O–H groups in total. The van der Waals surface area contributed by atoms with Crippen LogP contribution in [0.15, 0.2) is 65.3 Å². The van der Waals surface area contributed by atoms with Crippen molar-refractivity contribution in [3.05, 3.63) is 76.9 Å². The highest BCUT2D eigenvalue weighted by Crippen LogP contribution is 2.24.